The van der Waals surface area contributed by atoms with E-state index < -0.39 is 17.2 Å². The first kappa shape index (κ1) is 21.7. The van der Waals surface area contributed by atoms with Gasteiger partial charge in [-0.3, -0.25) is 13.9 Å². The van der Waals surface area contributed by atoms with Crippen LogP contribution in [0.1, 0.15) is 15.2 Å². The van der Waals surface area contributed by atoms with Gasteiger partial charge in [-0.2, -0.15) is 0 Å². The molecule has 2 N–H and O–H groups in total. The third-order valence-corrected chi connectivity index (χ3v) is 7.23. The van der Waals surface area contributed by atoms with Crippen molar-refractivity contribution in [1.29, 1.82) is 0 Å². The summed E-state index contributed by atoms with van der Waals surface area (Å²) in [5, 5.41) is 13.4. The summed E-state index contributed by atoms with van der Waals surface area (Å²) in [6.45, 7) is 1.71. The van der Waals surface area contributed by atoms with Crippen LogP contribution in [0.5, 0.6) is 5.75 Å². The molecule has 172 valence electrons. The molecule has 0 fully saturated rings. The van der Waals surface area contributed by atoms with E-state index in [0.29, 0.717) is 26.7 Å². The number of hydrogen-bond acceptors (Lipinski definition) is 6. The highest BCUT2D eigenvalue weighted by Gasteiger charge is 2.29. The van der Waals surface area contributed by atoms with Gasteiger partial charge in [0.25, 0.3) is 5.56 Å². The Labute approximate surface area is 197 Å². The summed E-state index contributed by atoms with van der Waals surface area (Å²) < 4.78 is 7.24. The summed E-state index contributed by atoms with van der Waals surface area (Å²) in [5.41, 5.74) is 1.18. The lowest BCUT2D eigenvalue weighted by Gasteiger charge is -2.07. The SMILES string of the molecule is COC(=O)c1c(C)sc(-c2c(-c3ccc4ccccc4c3)[nH]c3c2c(=O)n(C)c(=O)n3C)c1O. The highest BCUT2D eigenvalue weighted by molar-refractivity contribution is 7.16. The maximum absolute atomic E-state index is 13.3. The van der Waals surface area contributed by atoms with E-state index in [1.54, 1.807) is 14.0 Å². The number of rotatable bonds is 3. The molecule has 3 aromatic heterocycles. The maximum atomic E-state index is 13.3. The molecular formula is C25H21N3O5S. The van der Waals surface area contributed by atoms with Crippen molar-refractivity contribution >= 4 is 39.1 Å². The molecule has 3 heterocycles. The Morgan fingerprint density at radius 1 is 1.06 bits per heavy atom. The van der Waals surface area contributed by atoms with Gasteiger partial charge in [0, 0.05) is 24.5 Å². The summed E-state index contributed by atoms with van der Waals surface area (Å²) >= 11 is 1.19. The van der Waals surface area contributed by atoms with E-state index in [4.69, 9.17) is 4.74 Å². The average molecular weight is 476 g/mol. The molecule has 34 heavy (non-hydrogen) atoms. The van der Waals surface area contributed by atoms with Crippen LogP contribution in [0, 0.1) is 6.92 Å². The van der Waals surface area contributed by atoms with Gasteiger partial charge in [-0.05, 0) is 29.3 Å². The Bertz CT molecular complexity index is 1750. The van der Waals surface area contributed by atoms with Gasteiger partial charge in [0.15, 0.2) is 0 Å². The van der Waals surface area contributed by atoms with Crippen molar-refractivity contribution in [2.75, 3.05) is 7.11 Å². The van der Waals surface area contributed by atoms with E-state index in [1.807, 2.05) is 42.5 Å². The monoisotopic (exact) mass is 475 g/mol. The molecule has 0 saturated carbocycles. The van der Waals surface area contributed by atoms with Crippen molar-refractivity contribution in [3.05, 3.63) is 73.7 Å². The molecule has 0 saturated heterocycles. The minimum atomic E-state index is -0.662. The zero-order valence-corrected chi connectivity index (χ0v) is 19.7. The minimum absolute atomic E-state index is 0.0583. The molecule has 0 aliphatic rings. The van der Waals surface area contributed by atoms with Gasteiger partial charge in [-0.15, -0.1) is 11.3 Å². The Morgan fingerprint density at radius 3 is 2.47 bits per heavy atom. The average Bonchev–Trinajstić information content (AvgIpc) is 3.37. The number of H-pyrrole nitrogens is 1. The van der Waals surface area contributed by atoms with Crippen LogP contribution in [0.2, 0.25) is 0 Å². The van der Waals surface area contributed by atoms with E-state index in [9.17, 15) is 19.5 Å². The molecule has 0 spiro atoms. The summed E-state index contributed by atoms with van der Waals surface area (Å²) in [7, 11) is 4.24. The zero-order valence-electron chi connectivity index (χ0n) is 18.9. The zero-order chi connectivity index (χ0) is 24.3. The molecule has 0 unspecified atom stereocenters. The standard InChI is InChI=1S/C25H21N3O5S/c1-12-16(24(31)33-4)20(29)21(34-12)17-18-22(27(2)25(32)28(3)23(18)30)26-19(17)15-10-9-13-7-5-6-8-14(13)11-15/h5-11,26,29H,1-4H3. The van der Waals surface area contributed by atoms with E-state index in [-0.39, 0.29) is 16.7 Å². The second kappa shape index (κ2) is 7.74. The number of hydrogen-bond donors (Lipinski definition) is 2. The number of aromatic hydroxyl groups is 1. The number of nitrogens with one attached hydrogen (secondary N) is 1. The lowest BCUT2D eigenvalue weighted by atomic mass is 10.0. The van der Waals surface area contributed by atoms with Gasteiger partial charge in [-0.1, -0.05) is 36.4 Å². The highest BCUT2D eigenvalue weighted by Crippen LogP contribution is 2.47. The molecule has 0 atom stereocenters. The van der Waals surface area contributed by atoms with Gasteiger partial charge in [-0.25, -0.2) is 9.59 Å². The van der Waals surface area contributed by atoms with Crippen LogP contribution >= 0.6 is 11.3 Å². The molecule has 0 radical (unpaired) electrons. The molecule has 0 amide bonds. The van der Waals surface area contributed by atoms with Gasteiger partial charge in [0.2, 0.25) is 0 Å². The second-order valence-corrected chi connectivity index (χ2v) is 9.29. The summed E-state index contributed by atoms with van der Waals surface area (Å²) in [4.78, 5) is 42.4. The molecule has 5 aromatic rings. The van der Waals surface area contributed by atoms with Crippen molar-refractivity contribution in [3.63, 3.8) is 0 Å². The number of ether oxygens (including phenoxy) is 1. The number of thiophene rings is 1. The van der Waals surface area contributed by atoms with E-state index in [2.05, 4.69) is 4.98 Å². The van der Waals surface area contributed by atoms with Crippen LogP contribution in [0.3, 0.4) is 0 Å². The number of aromatic nitrogens is 3. The third-order valence-electron chi connectivity index (χ3n) is 6.12. The van der Waals surface area contributed by atoms with Crippen molar-refractivity contribution < 1.29 is 14.6 Å². The molecule has 9 heteroatoms. The van der Waals surface area contributed by atoms with Crippen molar-refractivity contribution in [1.82, 2.24) is 14.1 Å². The largest absolute Gasteiger partial charge is 0.505 e. The van der Waals surface area contributed by atoms with Gasteiger partial charge >= 0.3 is 11.7 Å². The second-order valence-electron chi connectivity index (χ2n) is 8.07. The van der Waals surface area contributed by atoms with Crippen molar-refractivity contribution in [3.8, 4) is 27.4 Å². The van der Waals surface area contributed by atoms with Crippen molar-refractivity contribution in [2.45, 2.75) is 6.92 Å². The molecule has 5 rings (SSSR count). The first-order valence-corrected chi connectivity index (χ1v) is 11.3. The Hall–Kier alpha value is -4.11. The molecule has 0 bridgehead atoms. The molecule has 8 nitrogen and oxygen atoms in total. The Kier molecular flexibility index (Phi) is 4.94. The molecule has 0 aliphatic carbocycles. The molecular weight excluding hydrogens is 454 g/mol. The van der Waals surface area contributed by atoms with Crippen molar-refractivity contribution in [2.24, 2.45) is 14.1 Å². The van der Waals surface area contributed by atoms with Crippen LogP contribution in [-0.2, 0) is 18.8 Å². The molecule has 2 aromatic carbocycles. The molecule has 0 aliphatic heterocycles. The smallest absolute Gasteiger partial charge is 0.342 e. The third kappa shape index (κ3) is 3.01. The summed E-state index contributed by atoms with van der Waals surface area (Å²) in [5.74, 6) is -0.918. The van der Waals surface area contributed by atoms with Gasteiger partial charge < -0.3 is 14.8 Å². The van der Waals surface area contributed by atoms with Crippen LogP contribution in [0.4, 0.5) is 0 Å². The number of carbonyl (C=O) groups is 1. The number of fused-ring (bicyclic) bond motifs is 2. The first-order chi connectivity index (χ1) is 16.2. The van der Waals surface area contributed by atoms with Crippen LogP contribution < -0.4 is 11.2 Å². The lowest BCUT2D eigenvalue weighted by molar-refractivity contribution is 0.0597. The van der Waals surface area contributed by atoms with E-state index in [0.717, 1.165) is 20.9 Å². The fraction of sp³-hybridized carbons (Fsp3) is 0.160. The maximum Gasteiger partial charge on any atom is 0.342 e. The highest BCUT2D eigenvalue weighted by atomic mass is 32.1. The number of esters is 1. The fourth-order valence-corrected chi connectivity index (χ4v) is 5.45. The van der Waals surface area contributed by atoms with E-state index in [1.165, 1.54) is 30.1 Å². The minimum Gasteiger partial charge on any atom is -0.505 e. The first-order valence-electron chi connectivity index (χ1n) is 10.5. The van der Waals surface area contributed by atoms with Crippen LogP contribution in [-0.4, -0.2) is 32.3 Å². The number of benzene rings is 2. The number of carbonyl (C=O) groups excluding carboxylic acids is 1. The van der Waals surface area contributed by atoms with Gasteiger partial charge in [0.05, 0.1) is 23.1 Å². The topological polar surface area (TPSA) is 106 Å². The summed E-state index contributed by atoms with van der Waals surface area (Å²) in [6, 6.07) is 13.7. The number of aromatic amines is 1. The normalized spacial score (nSPS) is 11.4. The predicted molar refractivity (Wildman–Crippen MR) is 133 cm³/mol. The number of nitrogens with zero attached hydrogens (tertiary/aromatic N) is 2. The predicted octanol–water partition coefficient (Wildman–Crippen LogP) is 3.91. The number of aryl methyl sites for hydroxylation is 2. The Balaban J connectivity index is 1.95. The van der Waals surface area contributed by atoms with E-state index >= 15 is 0 Å². The summed E-state index contributed by atoms with van der Waals surface area (Å²) in [6.07, 6.45) is 0. The lowest BCUT2D eigenvalue weighted by Crippen LogP contribution is -2.36. The van der Waals surface area contributed by atoms with Crippen LogP contribution in [0.25, 0.3) is 43.5 Å². The van der Waals surface area contributed by atoms with Gasteiger partial charge in [0.1, 0.15) is 17.0 Å². The fourth-order valence-electron chi connectivity index (χ4n) is 4.35. The number of methoxy groups -OCH3 is 1. The quantitative estimate of drug-likeness (QED) is 0.385. The Morgan fingerprint density at radius 2 is 1.76 bits per heavy atom. The van der Waals surface area contributed by atoms with Crippen LogP contribution in [0.15, 0.2) is 52.1 Å².